The monoisotopic (exact) mass is 255 g/mol. The third kappa shape index (κ3) is 4.65. The molecule has 0 unspecified atom stereocenters. The lowest BCUT2D eigenvalue weighted by Crippen LogP contribution is -2.36. The van der Waals surface area contributed by atoms with Crippen LogP contribution in [0.25, 0.3) is 0 Å². The maximum atomic E-state index is 11.6. The Morgan fingerprint density at radius 2 is 2.18 bits per heavy atom. The topological polar surface area (TPSA) is 55.4 Å². The van der Waals surface area contributed by atoms with Crippen LogP contribution in [0.4, 0.5) is 0 Å². The first-order valence-electron chi connectivity index (χ1n) is 5.42. The van der Waals surface area contributed by atoms with Gasteiger partial charge in [-0.25, -0.2) is 4.79 Å². The van der Waals surface area contributed by atoms with Gasteiger partial charge in [0.15, 0.2) is 0 Å². The van der Waals surface area contributed by atoms with Crippen molar-refractivity contribution in [1.82, 2.24) is 5.32 Å². The van der Waals surface area contributed by atoms with Crippen LogP contribution in [-0.2, 0) is 14.3 Å². The van der Waals surface area contributed by atoms with Gasteiger partial charge in [0.2, 0.25) is 5.12 Å². The molecule has 0 atom stereocenters. The van der Waals surface area contributed by atoms with Gasteiger partial charge in [-0.1, -0.05) is 0 Å². The summed E-state index contributed by atoms with van der Waals surface area (Å²) < 4.78 is 4.79. The third-order valence-electron chi connectivity index (χ3n) is 1.77. The number of thioether (sulfide) groups is 1. The van der Waals surface area contributed by atoms with Crippen molar-refractivity contribution in [2.45, 2.75) is 33.2 Å². The SMILES string of the molecule is CCOC(=O)/C=C1/C=C(NC(C)(C)C)C(=O)S1. The van der Waals surface area contributed by atoms with Gasteiger partial charge in [-0.15, -0.1) is 0 Å². The number of allylic oxidation sites excluding steroid dienone is 1. The van der Waals surface area contributed by atoms with Crippen LogP contribution in [0.3, 0.4) is 0 Å². The zero-order valence-corrected chi connectivity index (χ0v) is 11.3. The minimum Gasteiger partial charge on any atom is -0.463 e. The number of esters is 1. The van der Waals surface area contributed by atoms with E-state index in [2.05, 4.69) is 5.32 Å². The van der Waals surface area contributed by atoms with Gasteiger partial charge < -0.3 is 10.1 Å². The fourth-order valence-electron chi connectivity index (χ4n) is 1.25. The van der Waals surface area contributed by atoms with E-state index in [-0.39, 0.29) is 10.7 Å². The molecule has 0 aromatic heterocycles. The Morgan fingerprint density at radius 1 is 1.53 bits per heavy atom. The second-order valence-corrected chi connectivity index (χ2v) is 5.67. The van der Waals surface area contributed by atoms with Gasteiger partial charge in [-0.2, -0.15) is 0 Å². The molecule has 1 aliphatic heterocycles. The summed E-state index contributed by atoms with van der Waals surface area (Å²) >= 11 is 1.03. The van der Waals surface area contributed by atoms with Gasteiger partial charge in [-0.3, -0.25) is 4.79 Å². The predicted octanol–water partition coefficient (Wildman–Crippen LogP) is 1.98. The van der Waals surface area contributed by atoms with Crippen molar-refractivity contribution < 1.29 is 14.3 Å². The number of ether oxygens (including phenoxy) is 1. The molecule has 0 saturated carbocycles. The molecule has 94 valence electrons. The Bertz CT molecular complexity index is 391. The maximum absolute atomic E-state index is 11.6. The van der Waals surface area contributed by atoms with E-state index >= 15 is 0 Å². The second kappa shape index (κ2) is 5.40. The molecule has 0 aliphatic carbocycles. The molecule has 5 heteroatoms. The van der Waals surface area contributed by atoms with Gasteiger partial charge in [-0.05, 0) is 45.5 Å². The van der Waals surface area contributed by atoms with Crippen molar-refractivity contribution in [3.05, 3.63) is 22.8 Å². The molecule has 0 amide bonds. The van der Waals surface area contributed by atoms with Gasteiger partial charge in [0, 0.05) is 16.5 Å². The first kappa shape index (κ1) is 13.8. The summed E-state index contributed by atoms with van der Waals surface area (Å²) in [4.78, 5) is 23.5. The highest BCUT2D eigenvalue weighted by Crippen LogP contribution is 2.30. The lowest BCUT2D eigenvalue weighted by Gasteiger charge is -2.21. The first-order chi connectivity index (χ1) is 7.81. The summed E-state index contributed by atoms with van der Waals surface area (Å²) in [6, 6.07) is 0. The minimum absolute atomic E-state index is 0.0736. The van der Waals surface area contributed by atoms with E-state index in [1.807, 2.05) is 20.8 Å². The Morgan fingerprint density at radius 3 is 2.71 bits per heavy atom. The van der Waals surface area contributed by atoms with Crippen molar-refractivity contribution >= 4 is 22.8 Å². The van der Waals surface area contributed by atoms with Gasteiger partial charge in [0.05, 0.1) is 12.3 Å². The fraction of sp³-hybridized carbons (Fsp3) is 0.500. The number of hydrogen-bond acceptors (Lipinski definition) is 5. The quantitative estimate of drug-likeness (QED) is 0.617. The molecule has 0 saturated heterocycles. The lowest BCUT2D eigenvalue weighted by atomic mass is 10.1. The molecule has 1 rings (SSSR count). The van der Waals surface area contributed by atoms with Crippen molar-refractivity contribution in [3.63, 3.8) is 0 Å². The highest BCUT2D eigenvalue weighted by Gasteiger charge is 2.24. The van der Waals surface area contributed by atoms with E-state index < -0.39 is 5.97 Å². The molecular formula is C12H17NO3S. The molecule has 0 aromatic carbocycles. The van der Waals surface area contributed by atoms with Gasteiger partial charge >= 0.3 is 5.97 Å². The zero-order valence-electron chi connectivity index (χ0n) is 10.5. The van der Waals surface area contributed by atoms with Crippen LogP contribution in [0, 0.1) is 0 Å². The average molecular weight is 255 g/mol. The molecule has 0 aromatic rings. The largest absolute Gasteiger partial charge is 0.463 e. The third-order valence-corrected chi connectivity index (χ3v) is 2.65. The van der Waals surface area contributed by atoms with Crippen molar-refractivity contribution in [2.75, 3.05) is 6.61 Å². The van der Waals surface area contributed by atoms with Gasteiger partial charge in [0.1, 0.15) is 0 Å². The molecule has 1 aliphatic rings. The lowest BCUT2D eigenvalue weighted by molar-refractivity contribution is -0.137. The standard InChI is InChI=1S/C12H17NO3S/c1-5-16-10(14)7-8-6-9(11(15)17-8)13-12(2,3)4/h6-7,13H,5H2,1-4H3/b8-7-. The van der Waals surface area contributed by atoms with E-state index in [4.69, 9.17) is 4.74 Å². The number of carbonyl (C=O) groups is 2. The van der Waals surface area contributed by atoms with E-state index in [0.29, 0.717) is 17.2 Å². The van der Waals surface area contributed by atoms with Crippen LogP contribution in [0.1, 0.15) is 27.7 Å². The van der Waals surface area contributed by atoms with Crippen molar-refractivity contribution in [1.29, 1.82) is 0 Å². The van der Waals surface area contributed by atoms with Crippen LogP contribution in [0.2, 0.25) is 0 Å². The first-order valence-corrected chi connectivity index (χ1v) is 6.24. The summed E-state index contributed by atoms with van der Waals surface area (Å²) in [5.41, 5.74) is 0.347. The van der Waals surface area contributed by atoms with Crippen LogP contribution >= 0.6 is 11.8 Å². The van der Waals surface area contributed by atoms with Crippen LogP contribution in [0.5, 0.6) is 0 Å². The molecular weight excluding hydrogens is 238 g/mol. The van der Waals surface area contributed by atoms with E-state index in [9.17, 15) is 9.59 Å². The molecule has 17 heavy (non-hydrogen) atoms. The van der Waals surface area contributed by atoms with Crippen molar-refractivity contribution in [3.8, 4) is 0 Å². The molecule has 0 radical (unpaired) electrons. The Labute approximate surface area is 105 Å². The van der Waals surface area contributed by atoms with E-state index in [1.165, 1.54) is 6.08 Å². The molecule has 0 spiro atoms. The smallest absolute Gasteiger partial charge is 0.331 e. The van der Waals surface area contributed by atoms with Gasteiger partial charge in [0.25, 0.3) is 0 Å². The number of nitrogens with one attached hydrogen (secondary N) is 1. The number of hydrogen-bond donors (Lipinski definition) is 1. The maximum Gasteiger partial charge on any atom is 0.331 e. The van der Waals surface area contributed by atoms with E-state index in [1.54, 1.807) is 13.0 Å². The number of rotatable bonds is 3. The molecule has 0 fully saturated rings. The fourth-order valence-corrected chi connectivity index (χ4v) is 2.02. The van der Waals surface area contributed by atoms with E-state index in [0.717, 1.165) is 11.8 Å². The van der Waals surface area contributed by atoms with Crippen LogP contribution in [0.15, 0.2) is 22.8 Å². The minimum atomic E-state index is -0.420. The van der Waals surface area contributed by atoms with Crippen LogP contribution in [-0.4, -0.2) is 23.2 Å². The molecule has 1 heterocycles. The Hall–Kier alpha value is -1.23. The molecule has 0 bridgehead atoms. The highest BCUT2D eigenvalue weighted by atomic mass is 32.2. The predicted molar refractivity (Wildman–Crippen MR) is 68.3 cm³/mol. The van der Waals surface area contributed by atoms with Crippen molar-refractivity contribution in [2.24, 2.45) is 0 Å². The molecule has 4 nitrogen and oxygen atoms in total. The summed E-state index contributed by atoms with van der Waals surface area (Å²) in [6.07, 6.45) is 3.01. The highest BCUT2D eigenvalue weighted by molar-refractivity contribution is 8.18. The number of carbonyl (C=O) groups excluding carboxylic acids is 2. The molecule has 1 N–H and O–H groups in total. The summed E-state index contributed by atoms with van der Waals surface area (Å²) in [5.74, 6) is -0.420. The average Bonchev–Trinajstić information content (AvgIpc) is 2.44. The normalized spacial score (nSPS) is 18.2. The second-order valence-electron chi connectivity index (χ2n) is 4.62. The Balaban J connectivity index is 2.75. The van der Waals surface area contributed by atoms with Crippen LogP contribution < -0.4 is 5.32 Å². The summed E-state index contributed by atoms with van der Waals surface area (Å²) in [6.45, 7) is 7.99. The Kier molecular flexibility index (Phi) is 4.40. The summed E-state index contributed by atoms with van der Waals surface area (Å²) in [5, 5.41) is 3.03. The summed E-state index contributed by atoms with van der Waals surface area (Å²) in [7, 11) is 0. The zero-order chi connectivity index (χ0) is 13.1.